The van der Waals surface area contributed by atoms with E-state index in [9.17, 15) is 10.1 Å². The molecule has 32 heavy (non-hydrogen) atoms. The van der Waals surface area contributed by atoms with Gasteiger partial charge in [-0.15, -0.1) is 0 Å². The molecule has 0 radical (unpaired) electrons. The van der Waals surface area contributed by atoms with Crippen molar-refractivity contribution in [3.8, 4) is 6.07 Å². The van der Waals surface area contributed by atoms with Gasteiger partial charge in [0.15, 0.2) is 0 Å². The lowest BCUT2D eigenvalue weighted by Gasteiger charge is -2.48. The van der Waals surface area contributed by atoms with Crippen LogP contribution < -0.4 is 0 Å². The van der Waals surface area contributed by atoms with Crippen LogP contribution in [0.2, 0.25) is 18.1 Å². The fraction of sp³-hybridized carbons (Fsp3) is 0.538. The van der Waals surface area contributed by atoms with Crippen molar-refractivity contribution in [3.05, 3.63) is 46.9 Å². The Balaban J connectivity index is 1.89. The Morgan fingerprint density at radius 3 is 2.53 bits per heavy atom. The first-order valence-electron chi connectivity index (χ1n) is 11.7. The fourth-order valence-electron chi connectivity index (χ4n) is 5.06. The lowest BCUT2D eigenvalue weighted by atomic mass is 9.81. The van der Waals surface area contributed by atoms with Crippen molar-refractivity contribution in [2.45, 2.75) is 83.6 Å². The van der Waals surface area contributed by atoms with E-state index in [-0.39, 0.29) is 23.0 Å². The second kappa shape index (κ2) is 7.81. The molecule has 0 N–H and O–H groups in total. The standard InChI is InChI=1S/C26H35N3O2Si/c1-8-11-24(30)29-21-14-18-17-12-9-10-13-20(17)28(5)25(18)22(29)15-23(19(21)16-27)31-32(6,7)26(2,3)4/h9-10,12-13,21-22H,8,11,14-15H2,1-7H3/t21-,22-/m0/s1. The summed E-state index contributed by atoms with van der Waals surface area (Å²) in [5.74, 6) is 0.947. The first-order chi connectivity index (χ1) is 15.0. The Morgan fingerprint density at radius 2 is 1.91 bits per heavy atom. The van der Waals surface area contributed by atoms with Gasteiger partial charge in [-0.05, 0) is 36.2 Å². The molecule has 0 spiro atoms. The molecule has 1 aromatic carbocycles. The number of nitrogens with zero attached hydrogens (tertiary/aromatic N) is 3. The molecule has 1 aromatic heterocycles. The highest BCUT2D eigenvalue weighted by atomic mass is 28.4. The molecule has 0 unspecified atom stereocenters. The summed E-state index contributed by atoms with van der Waals surface area (Å²) in [6.45, 7) is 13.1. The zero-order valence-electron chi connectivity index (χ0n) is 20.5. The molecule has 0 saturated heterocycles. The van der Waals surface area contributed by atoms with Crippen molar-refractivity contribution in [1.82, 2.24) is 9.47 Å². The molecule has 2 aliphatic heterocycles. The molecule has 2 aromatic rings. The van der Waals surface area contributed by atoms with Crippen molar-refractivity contribution in [1.29, 1.82) is 5.26 Å². The third kappa shape index (κ3) is 3.38. The third-order valence-corrected chi connectivity index (χ3v) is 12.1. The van der Waals surface area contributed by atoms with Crippen LogP contribution in [0.1, 0.15) is 64.3 Å². The van der Waals surface area contributed by atoms with Gasteiger partial charge in [-0.3, -0.25) is 4.79 Å². The van der Waals surface area contributed by atoms with E-state index in [1.165, 1.54) is 22.2 Å². The Hall–Kier alpha value is -2.52. The van der Waals surface area contributed by atoms with E-state index in [1.54, 1.807) is 0 Å². The van der Waals surface area contributed by atoms with Crippen LogP contribution in [0.3, 0.4) is 0 Å². The second-order valence-corrected chi connectivity index (χ2v) is 15.5. The number of hydrogen-bond acceptors (Lipinski definition) is 3. The van der Waals surface area contributed by atoms with Gasteiger partial charge in [0.25, 0.3) is 0 Å². The molecule has 0 saturated carbocycles. The SMILES string of the molecule is CCCC(=O)N1[C@H]2Cc3c(n(C)c4ccccc34)[C@@H]1CC(O[Si](C)(C)C(C)(C)C)=C2C#N. The van der Waals surface area contributed by atoms with Crippen LogP contribution in [0.4, 0.5) is 0 Å². The zero-order valence-corrected chi connectivity index (χ0v) is 21.5. The molecule has 5 nitrogen and oxygen atoms in total. The summed E-state index contributed by atoms with van der Waals surface area (Å²) in [7, 11) is -0.0198. The van der Waals surface area contributed by atoms with E-state index >= 15 is 0 Å². The minimum Gasteiger partial charge on any atom is -0.546 e. The topological polar surface area (TPSA) is 58.3 Å². The molecule has 1 amide bonds. The number of aromatic nitrogens is 1. The van der Waals surface area contributed by atoms with Crippen LogP contribution >= 0.6 is 0 Å². The highest BCUT2D eigenvalue weighted by molar-refractivity contribution is 6.74. The lowest BCUT2D eigenvalue weighted by Crippen LogP contribution is -2.52. The van der Waals surface area contributed by atoms with Crippen LogP contribution in [-0.4, -0.2) is 29.7 Å². The molecule has 3 heterocycles. The van der Waals surface area contributed by atoms with Gasteiger partial charge in [0, 0.05) is 42.9 Å². The summed E-state index contributed by atoms with van der Waals surface area (Å²) in [4.78, 5) is 15.3. The summed E-state index contributed by atoms with van der Waals surface area (Å²) in [6, 6.07) is 10.6. The molecule has 6 heteroatoms. The molecule has 0 aliphatic carbocycles. The first kappa shape index (κ1) is 22.7. The highest BCUT2D eigenvalue weighted by Gasteiger charge is 2.48. The third-order valence-electron chi connectivity index (χ3n) is 7.71. The van der Waals surface area contributed by atoms with Gasteiger partial charge in [0.1, 0.15) is 6.07 Å². The minimum atomic E-state index is -2.12. The summed E-state index contributed by atoms with van der Waals surface area (Å²) >= 11 is 0. The van der Waals surface area contributed by atoms with Crippen molar-refractivity contribution in [2.75, 3.05) is 0 Å². The van der Waals surface area contributed by atoms with E-state index in [1.807, 2.05) is 11.8 Å². The van der Waals surface area contributed by atoms with Crippen LogP contribution in [-0.2, 0) is 22.7 Å². The summed E-state index contributed by atoms with van der Waals surface area (Å²) < 4.78 is 9.00. The van der Waals surface area contributed by atoms with Crippen molar-refractivity contribution < 1.29 is 9.22 Å². The van der Waals surface area contributed by atoms with Crippen LogP contribution in [0, 0.1) is 11.3 Å². The van der Waals surface area contributed by atoms with Crippen LogP contribution in [0.5, 0.6) is 0 Å². The van der Waals surface area contributed by atoms with Gasteiger partial charge in [-0.2, -0.15) is 5.26 Å². The maximum atomic E-state index is 13.3. The summed E-state index contributed by atoms with van der Waals surface area (Å²) in [5, 5.41) is 11.5. The van der Waals surface area contributed by atoms with Crippen molar-refractivity contribution in [3.63, 3.8) is 0 Å². The number of amides is 1. The quantitative estimate of drug-likeness (QED) is 0.540. The number of carbonyl (C=O) groups excluding carboxylic acids is 1. The number of fused-ring (bicyclic) bond motifs is 6. The average Bonchev–Trinajstić information content (AvgIpc) is 2.99. The van der Waals surface area contributed by atoms with Crippen molar-refractivity contribution >= 4 is 25.1 Å². The summed E-state index contributed by atoms with van der Waals surface area (Å²) in [6.07, 6.45) is 2.54. The second-order valence-electron chi connectivity index (χ2n) is 10.7. The number of benzene rings is 1. The Labute approximate surface area is 192 Å². The van der Waals surface area contributed by atoms with Gasteiger partial charge < -0.3 is 13.9 Å². The van der Waals surface area contributed by atoms with Gasteiger partial charge in [0.05, 0.1) is 23.4 Å². The van der Waals surface area contributed by atoms with E-state index in [4.69, 9.17) is 4.43 Å². The monoisotopic (exact) mass is 449 g/mol. The van der Waals surface area contributed by atoms with E-state index < -0.39 is 8.32 Å². The molecule has 2 atom stereocenters. The average molecular weight is 450 g/mol. The maximum Gasteiger partial charge on any atom is 0.250 e. The fourth-order valence-corrected chi connectivity index (χ4v) is 6.18. The van der Waals surface area contributed by atoms with Gasteiger partial charge >= 0.3 is 0 Å². The van der Waals surface area contributed by atoms with E-state index in [0.29, 0.717) is 24.8 Å². The molecular formula is C26H35N3O2Si. The molecule has 2 aliphatic rings. The van der Waals surface area contributed by atoms with E-state index in [2.05, 4.69) is 75.8 Å². The van der Waals surface area contributed by atoms with Gasteiger partial charge in [0.2, 0.25) is 14.2 Å². The molecule has 4 rings (SSSR count). The number of para-hydroxylation sites is 1. The van der Waals surface area contributed by atoms with Gasteiger partial charge in [-0.25, -0.2) is 0 Å². The largest absolute Gasteiger partial charge is 0.546 e. The molecule has 0 fully saturated rings. The highest BCUT2D eigenvalue weighted by Crippen LogP contribution is 2.49. The summed E-state index contributed by atoms with van der Waals surface area (Å²) in [5.41, 5.74) is 4.30. The number of aryl methyl sites for hydroxylation is 1. The smallest absolute Gasteiger partial charge is 0.250 e. The molecular weight excluding hydrogens is 414 g/mol. The van der Waals surface area contributed by atoms with Gasteiger partial charge in [-0.1, -0.05) is 45.9 Å². The van der Waals surface area contributed by atoms with Crippen LogP contribution in [0.25, 0.3) is 10.9 Å². The Morgan fingerprint density at radius 1 is 1.22 bits per heavy atom. The zero-order chi connectivity index (χ0) is 23.4. The number of nitriles is 1. The predicted molar refractivity (Wildman–Crippen MR) is 130 cm³/mol. The van der Waals surface area contributed by atoms with Crippen LogP contribution in [0.15, 0.2) is 35.6 Å². The number of rotatable bonds is 4. The Kier molecular flexibility index (Phi) is 5.53. The van der Waals surface area contributed by atoms with E-state index in [0.717, 1.165) is 12.2 Å². The lowest BCUT2D eigenvalue weighted by molar-refractivity contribution is -0.137. The normalized spacial score (nSPS) is 20.9. The maximum absolute atomic E-state index is 13.3. The van der Waals surface area contributed by atoms with Crippen molar-refractivity contribution in [2.24, 2.45) is 7.05 Å². The minimum absolute atomic E-state index is 0.0374. The number of hydrogen-bond donors (Lipinski definition) is 0. The first-order valence-corrected chi connectivity index (χ1v) is 14.6. The number of carbonyl (C=O) groups is 1. The molecule has 170 valence electrons. The molecule has 2 bridgehead atoms. The predicted octanol–water partition coefficient (Wildman–Crippen LogP) is 5.98. The Bertz CT molecular complexity index is 1150.